The highest BCUT2D eigenvalue weighted by molar-refractivity contribution is 6.33. The number of hydrogen-bond donors (Lipinski definition) is 1. The zero-order valence-corrected chi connectivity index (χ0v) is 14.1. The van der Waals surface area contributed by atoms with Crippen molar-refractivity contribution in [1.82, 2.24) is 5.32 Å². The summed E-state index contributed by atoms with van der Waals surface area (Å²) in [6, 6.07) is 6.62. The Hall–Kier alpha value is -0.770. The number of anilines is 1. The van der Waals surface area contributed by atoms with Gasteiger partial charge in [0.2, 0.25) is 0 Å². The summed E-state index contributed by atoms with van der Waals surface area (Å²) < 4.78 is 5.81. The van der Waals surface area contributed by atoms with Crippen molar-refractivity contribution in [2.24, 2.45) is 0 Å². The van der Waals surface area contributed by atoms with Crippen LogP contribution in [0.15, 0.2) is 18.2 Å². The third-order valence-electron chi connectivity index (χ3n) is 4.04. The van der Waals surface area contributed by atoms with Gasteiger partial charge in [0.25, 0.3) is 0 Å². The molecule has 1 N–H and O–H groups in total. The fraction of sp³-hybridized carbons (Fsp3) is 0.647. The molecule has 21 heavy (non-hydrogen) atoms. The van der Waals surface area contributed by atoms with E-state index >= 15 is 0 Å². The molecule has 0 bridgehead atoms. The van der Waals surface area contributed by atoms with Crippen LogP contribution in [0.1, 0.15) is 39.2 Å². The maximum atomic E-state index is 6.54. The van der Waals surface area contributed by atoms with Crippen LogP contribution >= 0.6 is 11.6 Å². The lowest BCUT2D eigenvalue weighted by atomic mass is 10.1. The minimum absolute atomic E-state index is 0.250. The molecule has 0 aliphatic carbocycles. The van der Waals surface area contributed by atoms with Crippen molar-refractivity contribution in [3.05, 3.63) is 28.8 Å². The van der Waals surface area contributed by atoms with E-state index in [1.165, 1.54) is 11.3 Å². The van der Waals surface area contributed by atoms with E-state index in [2.05, 4.69) is 37.1 Å². The van der Waals surface area contributed by atoms with Crippen molar-refractivity contribution < 1.29 is 4.74 Å². The molecular weight excluding hydrogens is 284 g/mol. The molecule has 4 heteroatoms. The summed E-state index contributed by atoms with van der Waals surface area (Å²) in [6.45, 7) is 10.1. The molecule has 118 valence electrons. The minimum Gasteiger partial charge on any atom is -0.375 e. The monoisotopic (exact) mass is 310 g/mol. The summed E-state index contributed by atoms with van der Waals surface area (Å²) >= 11 is 6.54. The molecular formula is C17H27ClN2O. The number of ether oxygens (including phenoxy) is 1. The highest BCUT2D eigenvalue weighted by Crippen LogP contribution is 2.34. The van der Waals surface area contributed by atoms with Crippen LogP contribution in [0.2, 0.25) is 5.02 Å². The average Bonchev–Trinajstić information content (AvgIpc) is 2.48. The molecule has 1 fully saturated rings. The molecule has 0 spiro atoms. The Morgan fingerprint density at radius 1 is 1.38 bits per heavy atom. The Morgan fingerprint density at radius 3 is 2.90 bits per heavy atom. The van der Waals surface area contributed by atoms with Gasteiger partial charge in [-0.25, -0.2) is 0 Å². The molecule has 1 aliphatic rings. The summed E-state index contributed by atoms with van der Waals surface area (Å²) in [6.07, 6.45) is 2.46. The lowest BCUT2D eigenvalue weighted by molar-refractivity contribution is 0.0299. The smallest absolute Gasteiger partial charge is 0.0723 e. The van der Waals surface area contributed by atoms with Crippen molar-refractivity contribution in [2.45, 2.75) is 52.3 Å². The lowest BCUT2D eigenvalue weighted by Crippen LogP contribution is -2.49. The number of nitrogens with one attached hydrogen (secondary N) is 1. The van der Waals surface area contributed by atoms with Gasteiger partial charge in [0, 0.05) is 13.1 Å². The SMILES string of the molecule is CCCNCc1cccc(Cl)c1N1CC(C)OCC1CC. The molecule has 0 aromatic heterocycles. The van der Waals surface area contributed by atoms with E-state index < -0.39 is 0 Å². The molecule has 1 heterocycles. The molecule has 1 saturated heterocycles. The highest BCUT2D eigenvalue weighted by atomic mass is 35.5. The molecule has 1 aromatic rings. The number of rotatable bonds is 6. The van der Waals surface area contributed by atoms with Gasteiger partial charge in [-0.05, 0) is 37.9 Å². The Labute approximate surface area is 133 Å². The Kier molecular flexibility index (Phi) is 6.34. The van der Waals surface area contributed by atoms with E-state index in [9.17, 15) is 0 Å². The molecule has 0 amide bonds. The molecule has 2 unspecified atom stereocenters. The predicted octanol–water partition coefficient (Wildman–Crippen LogP) is 3.84. The first-order valence-electron chi connectivity index (χ1n) is 8.03. The summed E-state index contributed by atoms with van der Waals surface area (Å²) in [4.78, 5) is 2.44. The number of nitrogens with zero attached hydrogens (tertiary/aromatic N) is 1. The van der Waals surface area contributed by atoms with E-state index in [-0.39, 0.29) is 6.10 Å². The van der Waals surface area contributed by atoms with Crippen molar-refractivity contribution in [1.29, 1.82) is 0 Å². The number of hydrogen-bond acceptors (Lipinski definition) is 3. The van der Waals surface area contributed by atoms with Crippen molar-refractivity contribution in [2.75, 3.05) is 24.6 Å². The van der Waals surface area contributed by atoms with Gasteiger partial charge in [0.05, 0.1) is 29.5 Å². The Bertz CT molecular complexity index is 452. The summed E-state index contributed by atoms with van der Waals surface area (Å²) in [7, 11) is 0. The number of halogens is 1. The van der Waals surface area contributed by atoms with E-state index in [0.717, 1.165) is 44.1 Å². The summed E-state index contributed by atoms with van der Waals surface area (Å²) in [5, 5.41) is 4.33. The summed E-state index contributed by atoms with van der Waals surface area (Å²) in [5.41, 5.74) is 2.47. The molecule has 2 atom stereocenters. The van der Waals surface area contributed by atoms with Crippen LogP contribution in [-0.2, 0) is 11.3 Å². The third-order valence-corrected chi connectivity index (χ3v) is 4.34. The van der Waals surface area contributed by atoms with Crippen molar-refractivity contribution >= 4 is 17.3 Å². The second-order valence-electron chi connectivity index (χ2n) is 5.78. The zero-order valence-electron chi connectivity index (χ0n) is 13.4. The minimum atomic E-state index is 0.250. The van der Waals surface area contributed by atoms with Crippen molar-refractivity contribution in [3.63, 3.8) is 0 Å². The topological polar surface area (TPSA) is 24.5 Å². The van der Waals surface area contributed by atoms with Crippen LogP contribution in [0.25, 0.3) is 0 Å². The first-order chi connectivity index (χ1) is 10.2. The van der Waals surface area contributed by atoms with Crippen LogP contribution < -0.4 is 10.2 Å². The molecule has 3 nitrogen and oxygen atoms in total. The molecule has 1 aromatic carbocycles. The Morgan fingerprint density at radius 2 is 2.19 bits per heavy atom. The van der Waals surface area contributed by atoms with Gasteiger partial charge in [-0.1, -0.05) is 37.6 Å². The van der Waals surface area contributed by atoms with Crippen LogP contribution in [-0.4, -0.2) is 31.8 Å². The van der Waals surface area contributed by atoms with Gasteiger partial charge in [-0.15, -0.1) is 0 Å². The quantitative estimate of drug-likeness (QED) is 0.808. The van der Waals surface area contributed by atoms with E-state index in [0.29, 0.717) is 6.04 Å². The first-order valence-corrected chi connectivity index (χ1v) is 8.41. The zero-order chi connectivity index (χ0) is 15.2. The Balaban J connectivity index is 2.26. The molecule has 0 radical (unpaired) electrons. The number of benzene rings is 1. The maximum Gasteiger partial charge on any atom is 0.0723 e. The van der Waals surface area contributed by atoms with Crippen LogP contribution in [0.5, 0.6) is 0 Å². The third kappa shape index (κ3) is 4.12. The van der Waals surface area contributed by atoms with Crippen LogP contribution in [0.3, 0.4) is 0 Å². The van der Waals surface area contributed by atoms with Gasteiger partial charge in [-0.3, -0.25) is 0 Å². The molecule has 0 saturated carbocycles. The largest absolute Gasteiger partial charge is 0.375 e. The van der Waals surface area contributed by atoms with E-state index in [4.69, 9.17) is 16.3 Å². The maximum absolute atomic E-state index is 6.54. The number of para-hydroxylation sites is 1. The molecule has 2 rings (SSSR count). The van der Waals surface area contributed by atoms with Crippen LogP contribution in [0, 0.1) is 0 Å². The van der Waals surface area contributed by atoms with E-state index in [1.807, 2.05) is 12.1 Å². The second-order valence-corrected chi connectivity index (χ2v) is 6.19. The second kappa shape index (κ2) is 8.02. The van der Waals surface area contributed by atoms with Crippen LogP contribution in [0.4, 0.5) is 5.69 Å². The van der Waals surface area contributed by atoms with Gasteiger partial charge < -0.3 is 15.0 Å². The fourth-order valence-corrected chi connectivity index (χ4v) is 3.18. The lowest BCUT2D eigenvalue weighted by Gasteiger charge is -2.41. The normalized spacial score (nSPS) is 22.6. The highest BCUT2D eigenvalue weighted by Gasteiger charge is 2.28. The average molecular weight is 311 g/mol. The van der Waals surface area contributed by atoms with Crippen molar-refractivity contribution in [3.8, 4) is 0 Å². The predicted molar refractivity (Wildman–Crippen MR) is 90.3 cm³/mol. The number of morpholine rings is 1. The fourth-order valence-electron chi connectivity index (χ4n) is 2.88. The van der Waals surface area contributed by atoms with Gasteiger partial charge in [0.15, 0.2) is 0 Å². The summed E-state index contributed by atoms with van der Waals surface area (Å²) in [5.74, 6) is 0. The van der Waals surface area contributed by atoms with Gasteiger partial charge in [-0.2, -0.15) is 0 Å². The molecule has 1 aliphatic heterocycles. The van der Waals surface area contributed by atoms with Gasteiger partial charge >= 0.3 is 0 Å². The first kappa shape index (κ1) is 16.6. The van der Waals surface area contributed by atoms with E-state index in [1.54, 1.807) is 0 Å². The standard InChI is InChI=1S/C17H27ClN2O/c1-4-9-19-10-14-7-6-8-16(18)17(14)20-11-13(3)21-12-15(20)5-2/h6-8,13,15,19H,4-5,9-12H2,1-3H3. The van der Waals surface area contributed by atoms with Gasteiger partial charge in [0.1, 0.15) is 0 Å².